The van der Waals surface area contributed by atoms with Crippen LogP contribution in [-0.2, 0) is 19.1 Å². The molecule has 0 aliphatic carbocycles. The molecule has 248 valence electrons. The molecule has 45 heavy (non-hydrogen) atoms. The molecule has 6 atom stereocenters. The highest BCUT2D eigenvalue weighted by molar-refractivity contribution is 6.03. The maximum atomic E-state index is 14.8. The Hall–Kier alpha value is -3.17. The second kappa shape index (κ2) is 14.5. The molecule has 1 spiro atoms. The van der Waals surface area contributed by atoms with E-state index in [-0.39, 0.29) is 36.8 Å². The van der Waals surface area contributed by atoms with Crippen molar-refractivity contribution in [3.63, 3.8) is 0 Å². The number of amides is 3. The monoisotopic (exact) mass is 623 g/mol. The summed E-state index contributed by atoms with van der Waals surface area (Å²) < 4.78 is 12.6. The number of carbonyl (C=O) groups excluding carboxylic acids is 3. The van der Waals surface area contributed by atoms with Crippen molar-refractivity contribution in [2.24, 2.45) is 17.8 Å². The van der Waals surface area contributed by atoms with E-state index in [0.29, 0.717) is 56.8 Å². The Morgan fingerprint density at radius 2 is 1.80 bits per heavy atom. The van der Waals surface area contributed by atoms with E-state index in [9.17, 15) is 19.5 Å². The average molecular weight is 624 g/mol. The van der Waals surface area contributed by atoms with Gasteiger partial charge in [0.1, 0.15) is 17.4 Å². The van der Waals surface area contributed by atoms with E-state index in [1.807, 2.05) is 52.0 Å². The van der Waals surface area contributed by atoms with Gasteiger partial charge in [0.15, 0.2) is 0 Å². The van der Waals surface area contributed by atoms with Crippen LogP contribution < -0.4 is 9.64 Å². The lowest BCUT2D eigenvalue weighted by Crippen LogP contribution is -2.59. The molecule has 1 N–H and O–H groups in total. The first kappa shape index (κ1) is 34.7. The number of hydrogen-bond donors (Lipinski definition) is 1. The average Bonchev–Trinajstić information content (AvgIpc) is 3.64. The lowest BCUT2D eigenvalue weighted by atomic mass is 9.64. The molecule has 9 nitrogen and oxygen atoms in total. The quantitative estimate of drug-likeness (QED) is 0.246. The third-order valence-corrected chi connectivity index (χ3v) is 9.95. The Morgan fingerprint density at radius 1 is 1.11 bits per heavy atom. The normalized spacial score (nSPS) is 27.4. The predicted molar refractivity (Wildman–Crippen MR) is 176 cm³/mol. The Kier molecular flexibility index (Phi) is 11.2. The Labute approximate surface area is 269 Å². The van der Waals surface area contributed by atoms with Crippen molar-refractivity contribution in [2.45, 2.75) is 96.4 Å². The SMILES string of the molecule is C=CCN(CCCC)C(=O)C1N([C@@H](CO)CC(C)C)C(=O)[C@@H]2[C@@H](C(=O)N(CC=C)c3ccc(OCC)cc3)[C@@]3(CC)CCC12O3. The van der Waals surface area contributed by atoms with Crippen molar-refractivity contribution >= 4 is 23.4 Å². The highest BCUT2D eigenvalue weighted by atomic mass is 16.5. The predicted octanol–water partition coefficient (Wildman–Crippen LogP) is 4.98. The van der Waals surface area contributed by atoms with Crippen LogP contribution in [0.2, 0.25) is 0 Å². The summed E-state index contributed by atoms with van der Waals surface area (Å²) in [7, 11) is 0. The smallest absolute Gasteiger partial charge is 0.248 e. The number of carbonyl (C=O) groups is 3. The van der Waals surface area contributed by atoms with Crippen LogP contribution in [0.5, 0.6) is 5.75 Å². The number of likely N-dealkylation sites (tertiary alicyclic amines) is 1. The molecule has 3 saturated heterocycles. The zero-order valence-electron chi connectivity index (χ0n) is 27.9. The molecule has 3 fully saturated rings. The molecule has 0 radical (unpaired) electrons. The number of hydrogen-bond acceptors (Lipinski definition) is 6. The zero-order valence-corrected chi connectivity index (χ0v) is 27.9. The number of aliphatic hydroxyl groups is 1. The first-order valence-corrected chi connectivity index (χ1v) is 16.8. The maximum absolute atomic E-state index is 14.8. The molecular formula is C36H53N3O6. The van der Waals surface area contributed by atoms with Crippen molar-refractivity contribution < 1.29 is 29.0 Å². The van der Waals surface area contributed by atoms with Gasteiger partial charge in [0.2, 0.25) is 17.7 Å². The molecule has 1 aromatic rings. The van der Waals surface area contributed by atoms with Gasteiger partial charge < -0.3 is 29.3 Å². The van der Waals surface area contributed by atoms with Crippen LogP contribution in [0.25, 0.3) is 0 Å². The number of unbranched alkanes of at least 4 members (excludes halogenated alkanes) is 1. The van der Waals surface area contributed by atoms with Gasteiger partial charge in [0.05, 0.1) is 36.7 Å². The summed E-state index contributed by atoms with van der Waals surface area (Å²) in [5, 5.41) is 10.6. The molecule has 3 amide bonds. The minimum Gasteiger partial charge on any atom is -0.494 e. The highest BCUT2D eigenvalue weighted by Gasteiger charge is 2.79. The van der Waals surface area contributed by atoms with Crippen LogP contribution in [-0.4, -0.2) is 88.8 Å². The summed E-state index contributed by atoms with van der Waals surface area (Å²) in [5.41, 5.74) is -1.38. The van der Waals surface area contributed by atoms with Gasteiger partial charge in [-0.3, -0.25) is 14.4 Å². The van der Waals surface area contributed by atoms with Crippen LogP contribution in [0, 0.1) is 17.8 Å². The first-order valence-electron chi connectivity index (χ1n) is 16.8. The number of rotatable bonds is 17. The topological polar surface area (TPSA) is 99.6 Å². The van der Waals surface area contributed by atoms with Crippen molar-refractivity contribution in [3.05, 3.63) is 49.6 Å². The fourth-order valence-electron chi connectivity index (χ4n) is 8.00. The molecule has 3 aliphatic heterocycles. The van der Waals surface area contributed by atoms with Gasteiger partial charge in [0.25, 0.3) is 0 Å². The number of nitrogens with zero attached hydrogens (tertiary/aromatic N) is 3. The number of benzene rings is 1. The van der Waals surface area contributed by atoms with E-state index in [1.165, 1.54) is 0 Å². The minimum atomic E-state index is -1.17. The molecule has 3 heterocycles. The van der Waals surface area contributed by atoms with Gasteiger partial charge in [-0.1, -0.05) is 46.3 Å². The zero-order chi connectivity index (χ0) is 32.9. The lowest BCUT2D eigenvalue weighted by Gasteiger charge is -2.40. The second-order valence-electron chi connectivity index (χ2n) is 13.1. The number of ether oxygens (including phenoxy) is 2. The van der Waals surface area contributed by atoms with Gasteiger partial charge in [0, 0.05) is 25.3 Å². The van der Waals surface area contributed by atoms with Crippen LogP contribution in [0.4, 0.5) is 5.69 Å². The van der Waals surface area contributed by atoms with E-state index in [1.54, 1.807) is 26.9 Å². The molecule has 3 aliphatic rings. The van der Waals surface area contributed by atoms with Gasteiger partial charge in [-0.15, -0.1) is 13.2 Å². The van der Waals surface area contributed by atoms with Crippen molar-refractivity contribution in [3.8, 4) is 5.75 Å². The first-order chi connectivity index (χ1) is 21.6. The van der Waals surface area contributed by atoms with Gasteiger partial charge in [-0.05, 0) is 69.2 Å². The fourth-order valence-corrected chi connectivity index (χ4v) is 8.00. The number of aliphatic hydroxyl groups excluding tert-OH is 1. The van der Waals surface area contributed by atoms with Gasteiger partial charge in [-0.2, -0.15) is 0 Å². The molecule has 1 aromatic carbocycles. The third-order valence-electron chi connectivity index (χ3n) is 9.95. The molecule has 0 saturated carbocycles. The Morgan fingerprint density at radius 3 is 2.36 bits per heavy atom. The summed E-state index contributed by atoms with van der Waals surface area (Å²) in [6.07, 6.45) is 7.22. The largest absolute Gasteiger partial charge is 0.494 e. The summed E-state index contributed by atoms with van der Waals surface area (Å²) >= 11 is 0. The van der Waals surface area contributed by atoms with E-state index >= 15 is 0 Å². The standard InChI is InChI=1S/C36H53N3O6/c1-8-13-22-37(20-9-2)34(43)31-36-19-18-35(11-4,45-36)29(30(36)33(42)39(31)27(24-40)23-25(6)7)32(41)38(21-10-3)26-14-16-28(17-15-26)44-12-5/h9-10,14-17,25,27,29-31,40H,2-3,8,11-13,18-24H2,1,4-7H3/t27-,29+,30+,31?,35-,36?/m1/s1. The van der Waals surface area contributed by atoms with Crippen LogP contribution >= 0.6 is 0 Å². The fraction of sp³-hybridized carbons (Fsp3) is 0.639. The third kappa shape index (κ3) is 6.18. The van der Waals surface area contributed by atoms with Crippen LogP contribution in [0.15, 0.2) is 49.6 Å². The Bertz CT molecular complexity index is 1230. The van der Waals surface area contributed by atoms with Crippen molar-refractivity contribution in [1.82, 2.24) is 9.80 Å². The van der Waals surface area contributed by atoms with E-state index in [0.717, 1.165) is 12.8 Å². The van der Waals surface area contributed by atoms with E-state index in [4.69, 9.17) is 9.47 Å². The molecule has 9 heteroatoms. The van der Waals surface area contributed by atoms with E-state index in [2.05, 4.69) is 20.1 Å². The molecule has 2 bridgehead atoms. The second-order valence-corrected chi connectivity index (χ2v) is 13.1. The molecule has 2 unspecified atom stereocenters. The number of anilines is 1. The summed E-state index contributed by atoms with van der Waals surface area (Å²) in [5.74, 6) is -1.45. The van der Waals surface area contributed by atoms with Crippen molar-refractivity contribution in [1.29, 1.82) is 0 Å². The van der Waals surface area contributed by atoms with Gasteiger partial charge >= 0.3 is 0 Å². The van der Waals surface area contributed by atoms with Crippen LogP contribution in [0.3, 0.4) is 0 Å². The van der Waals surface area contributed by atoms with Crippen LogP contribution in [0.1, 0.15) is 73.1 Å². The molecule has 4 rings (SSSR count). The highest BCUT2D eigenvalue weighted by Crippen LogP contribution is 2.65. The molecular weight excluding hydrogens is 570 g/mol. The summed E-state index contributed by atoms with van der Waals surface area (Å²) in [4.78, 5) is 49.3. The minimum absolute atomic E-state index is 0.174. The Balaban J connectivity index is 1.83. The summed E-state index contributed by atoms with van der Waals surface area (Å²) in [6.45, 7) is 19.2. The van der Waals surface area contributed by atoms with Crippen molar-refractivity contribution in [2.75, 3.05) is 37.7 Å². The molecule has 0 aromatic heterocycles. The number of fused-ring (bicyclic) bond motifs is 1. The maximum Gasteiger partial charge on any atom is 0.248 e. The summed E-state index contributed by atoms with van der Waals surface area (Å²) in [6, 6.07) is 5.83. The van der Waals surface area contributed by atoms with E-state index < -0.39 is 35.1 Å². The lowest BCUT2D eigenvalue weighted by molar-refractivity contribution is -0.156. The van der Waals surface area contributed by atoms with Gasteiger partial charge in [-0.25, -0.2) is 0 Å².